The summed E-state index contributed by atoms with van der Waals surface area (Å²) in [6.07, 6.45) is 2.11. The van der Waals surface area contributed by atoms with Crippen molar-refractivity contribution in [2.24, 2.45) is 7.05 Å². The van der Waals surface area contributed by atoms with Crippen LogP contribution in [0.5, 0.6) is 0 Å². The molecule has 0 spiro atoms. The number of anilines is 1. The molecule has 0 radical (unpaired) electrons. The molecule has 3 rings (SSSR count). The van der Waals surface area contributed by atoms with Gasteiger partial charge in [0.1, 0.15) is 0 Å². The molecule has 1 aromatic carbocycles. The van der Waals surface area contributed by atoms with E-state index in [1.54, 1.807) is 28.2 Å². The van der Waals surface area contributed by atoms with Crippen LogP contribution in [-0.4, -0.2) is 40.6 Å². The second kappa shape index (κ2) is 6.52. The van der Waals surface area contributed by atoms with Crippen LogP contribution in [0.4, 0.5) is 5.95 Å². The van der Waals surface area contributed by atoms with E-state index in [2.05, 4.69) is 10.1 Å². The Hall–Kier alpha value is -1.93. The highest BCUT2D eigenvalue weighted by atomic mass is 32.2. The second-order valence-corrected chi connectivity index (χ2v) is 8.00. The first-order valence-corrected chi connectivity index (χ1v) is 9.62. The molecule has 1 aromatic heterocycles. The molecule has 0 saturated carbocycles. The van der Waals surface area contributed by atoms with Crippen LogP contribution in [-0.2, 0) is 23.5 Å². The Labute approximate surface area is 142 Å². The maximum atomic E-state index is 12.9. The van der Waals surface area contributed by atoms with Gasteiger partial charge in [-0.2, -0.15) is 14.4 Å². The average molecular weight is 349 g/mol. The fourth-order valence-corrected chi connectivity index (χ4v) is 4.89. The third-order valence-electron chi connectivity index (χ3n) is 4.60. The maximum absolute atomic E-state index is 12.9. The number of benzene rings is 1. The Morgan fingerprint density at radius 1 is 1.25 bits per heavy atom. The topological polar surface area (TPSA) is 94.1 Å². The molecule has 0 atom stereocenters. The summed E-state index contributed by atoms with van der Waals surface area (Å²) in [4.78, 5) is 4.69. The maximum Gasteiger partial charge on any atom is 0.243 e. The van der Waals surface area contributed by atoms with Crippen molar-refractivity contribution in [3.63, 3.8) is 0 Å². The summed E-state index contributed by atoms with van der Waals surface area (Å²) >= 11 is 0. The summed E-state index contributed by atoms with van der Waals surface area (Å²) < 4.78 is 29.0. The molecule has 1 aliphatic heterocycles. The SMILES string of the molecule is CCc1ccccc1S(=O)(=O)N1CCC(c2nc(N)n(C)n2)CC1. The molecule has 8 heteroatoms. The monoisotopic (exact) mass is 349 g/mol. The summed E-state index contributed by atoms with van der Waals surface area (Å²) in [6, 6.07) is 7.22. The smallest absolute Gasteiger partial charge is 0.243 e. The molecule has 7 nitrogen and oxygen atoms in total. The van der Waals surface area contributed by atoms with Crippen molar-refractivity contribution in [2.75, 3.05) is 18.8 Å². The van der Waals surface area contributed by atoms with E-state index in [4.69, 9.17) is 5.73 Å². The molecule has 0 aliphatic carbocycles. The molecule has 2 aromatic rings. The molecule has 1 saturated heterocycles. The average Bonchev–Trinajstić information content (AvgIpc) is 2.94. The zero-order chi connectivity index (χ0) is 17.3. The van der Waals surface area contributed by atoms with E-state index in [9.17, 15) is 8.42 Å². The Bertz CT molecular complexity index is 803. The van der Waals surface area contributed by atoms with Crippen molar-refractivity contribution in [1.82, 2.24) is 19.1 Å². The molecular formula is C16H23N5O2S. The van der Waals surface area contributed by atoms with Gasteiger partial charge >= 0.3 is 0 Å². The van der Waals surface area contributed by atoms with Crippen LogP contribution in [0.3, 0.4) is 0 Å². The van der Waals surface area contributed by atoms with Crippen LogP contribution in [0.2, 0.25) is 0 Å². The number of aryl methyl sites for hydroxylation is 2. The second-order valence-electron chi connectivity index (χ2n) is 6.09. The first-order valence-electron chi connectivity index (χ1n) is 8.18. The molecule has 0 unspecified atom stereocenters. The minimum atomic E-state index is -3.45. The first kappa shape index (κ1) is 16.9. The van der Waals surface area contributed by atoms with Gasteiger partial charge in [-0.05, 0) is 30.9 Å². The van der Waals surface area contributed by atoms with Crippen LogP contribution in [0.15, 0.2) is 29.2 Å². The minimum Gasteiger partial charge on any atom is -0.368 e. The number of nitrogens with zero attached hydrogens (tertiary/aromatic N) is 4. The Balaban J connectivity index is 1.76. The highest BCUT2D eigenvalue weighted by molar-refractivity contribution is 7.89. The van der Waals surface area contributed by atoms with Gasteiger partial charge in [-0.3, -0.25) is 0 Å². The highest BCUT2D eigenvalue weighted by Gasteiger charge is 2.32. The van der Waals surface area contributed by atoms with Crippen molar-refractivity contribution < 1.29 is 8.42 Å². The van der Waals surface area contributed by atoms with Crippen LogP contribution in [0, 0.1) is 0 Å². The van der Waals surface area contributed by atoms with Crippen LogP contribution < -0.4 is 5.73 Å². The summed E-state index contributed by atoms with van der Waals surface area (Å²) in [5, 5.41) is 4.32. The van der Waals surface area contributed by atoms with E-state index in [0.29, 0.717) is 49.0 Å². The Morgan fingerprint density at radius 2 is 1.92 bits per heavy atom. The van der Waals surface area contributed by atoms with Crippen molar-refractivity contribution >= 4 is 16.0 Å². The third kappa shape index (κ3) is 3.03. The van der Waals surface area contributed by atoms with Gasteiger partial charge in [-0.25, -0.2) is 13.1 Å². The number of nitrogen functional groups attached to an aromatic ring is 1. The summed E-state index contributed by atoms with van der Waals surface area (Å²) in [7, 11) is -1.69. The van der Waals surface area contributed by atoms with Gasteiger partial charge in [0.15, 0.2) is 5.82 Å². The van der Waals surface area contributed by atoms with E-state index in [1.165, 1.54) is 0 Å². The number of piperidine rings is 1. The van der Waals surface area contributed by atoms with E-state index < -0.39 is 10.0 Å². The zero-order valence-corrected chi connectivity index (χ0v) is 14.8. The minimum absolute atomic E-state index is 0.154. The lowest BCUT2D eigenvalue weighted by Crippen LogP contribution is -2.38. The van der Waals surface area contributed by atoms with Crippen LogP contribution >= 0.6 is 0 Å². The zero-order valence-electron chi connectivity index (χ0n) is 14.0. The summed E-state index contributed by atoms with van der Waals surface area (Å²) in [5.74, 6) is 1.25. The van der Waals surface area contributed by atoms with E-state index >= 15 is 0 Å². The number of rotatable bonds is 4. The number of sulfonamides is 1. The van der Waals surface area contributed by atoms with Crippen molar-refractivity contribution in [3.05, 3.63) is 35.7 Å². The van der Waals surface area contributed by atoms with Crippen molar-refractivity contribution in [3.8, 4) is 0 Å². The van der Waals surface area contributed by atoms with Crippen LogP contribution in [0.25, 0.3) is 0 Å². The van der Waals surface area contributed by atoms with Gasteiger partial charge < -0.3 is 5.73 Å². The first-order chi connectivity index (χ1) is 11.4. The van der Waals surface area contributed by atoms with Gasteiger partial charge in [0, 0.05) is 26.1 Å². The molecule has 2 heterocycles. The summed E-state index contributed by atoms with van der Waals surface area (Å²) in [5.41, 5.74) is 6.59. The number of hydrogen-bond donors (Lipinski definition) is 1. The van der Waals surface area contributed by atoms with Crippen molar-refractivity contribution in [2.45, 2.75) is 37.0 Å². The Morgan fingerprint density at radius 3 is 2.50 bits per heavy atom. The van der Waals surface area contributed by atoms with E-state index in [-0.39, 0.29) is 5.92 Å². The quantitative estimate of drug-likeness (QED) is 0.903. The lowest BCUT2D eigenvalue weighted by molar-refractivity contribution is 0.313. The molecular weight excluding hydrogens is 326 g/mol. The predicted molar refractivity (Wildman–Crippen MR) is 92.0 cm³/mol. The van der Waals surface area contributed by atoms with Gasteiger partial charge in [-0.15, -0.1) is 0 Å². The lowest BCUT2D eigenvalue weighted by atomic mass is 9.98. The fourth-order valence-electron chi connectivity index (χ4n) is 3.13. The van der Waals surface area contributed by atoms with Gasteiger partial charge in [0.2, 0.25) is 16.0 Å². The number of hydrogen-bond acceptors (Lipinski definition) is 5. The molecule has 0 amide bonds. The Kier molecular flexibility index (Phi) is 4.60. The van der Waals surface area contributed by atoms with Crippen molar-refractivity contribution in [1.29, 1.82) is 0 Å². The number of nitrogens with two attached hydrogens (primary N) is 1. The van der Waals surface area contributed by atoms with E-state index in [0.717, 1.165) is 5.56 Å². The molecule has 0 bridgehead atoms. The normalized spacial score (nSPS) is 17.2. The standard InChI is InChI=1S/C16H23N5O2S/c1-3-12-6-4-5-7-14(12)24(22,23)21-10-8-13(9-11-21)15-18-16(17)20(2)19-15/h4-7,13H,3,8-11H2,1-2H3,(H2,17,18,19). The third-order valence-corrected chi connectivity index (χ3v) is 6.60. The molecule has 1 fully saturated rings. The predicted octanol–water partition coefficient (Wildman–Crippen LogP) is 1.53. The summed E-state index contributed by atoms with van der Waals surface area (Å²) in [6.45, 7) is 2.92. The number of aromatic nitrogens is 3. The lowest BCUT2D eigenvalue weighted by Gasteiger charge is -2.30. The van der Waals surface area contributed by atoms with Crippen LogP contribution in [0.1, 0.15) is 37.1 Å². The molecule has 2 N–H and O–H groups in total. The molecule has 130 valence electrons. The van der Waals surface area contributed by atoms with Gasteiger partial charge in [-0.1, -0.05) is 25.1 Å². The molecule has 24 heavy (non-hydrogen) atoms. The largest absolute Gasteiger partial charge is 0.368 e. The van der Waals surface area contributed by atoms with E-state index in [1.807, 2.05) is 19.1 Å². The molecule has 1 aliphatic rings. The van der Waals surface area contributed by atoms with Gasteiger partial charge in [0.05, 0.1) is 4.90 Å². The highest BCUT2D eigenvalue weighted by Crippen LogP contribution is 2.30. The fraction of sp³-hybridized carbons (Fsp3) is 0.500. The van der Waals surface area contributed by atoms with Gasteiger partial charge in [0.25, 0.3) is 0 Å².